The number of fused-ring (bicyclic) bond motifs is 1. The molecule has 13 nitrogen and oxygen atoms in total. The van der Waals surface area contributed by atoms with Gasteiger partial charge in [0.2, 0.25) is 5.79 Å². The van der Waals surface area contributed by atoms with E-state index in [9.17, 15) is 5.11 Å². The van der Waals surface area contributed by atoms with Crippen LogP contribution in [0.4, 0.5) is 5.82 Å². The average molecular weight is 868 g/mol. The van der Waals surface area contributed by atoms with Crippen molar-refractivity contribution in [3.8, 4) is 11.5 Å². The molecule has 53 heavy (non-hydrogen) atoms. The topological polar surface area (TPSA) is 133 Å². The molecule has 0 saturated carbocycles. The lowest BCUT2D eigenvalue weighted by molar-refractivity contribution is -0.186. The third kappa shape index (κ3) is 9.26. The Hall–Kier alpha value is -2.23. The molecule has 2 aliphatic rings. The van der Waals surface area contributed by atoms with Crippen LogP contribution in [0, 0.1) is 13.8 Å². The van der Waals surface area contributed by atoms with E-state index in [-0.39, 0.29) is 12.6 Å². The van der Waals surface area contributed by atoms with Crippen molar-refractivity contribution in [1.29, 1.82) is 0 Å². The summed E-state index contributed by atoms with van der Waals surface area (Å²) in [4.78, 5) is 15.1. The molecular formula is C38H63IN9O4P. The van der Waals surface area contributed by atoms with Crippen LogP contribution in [-0.2, 0) is 28.2 Å². The fourth-order valence-corrected chi connectivity index (χ4v) is 9.19. The van der Waals surface area contributed by atoms with Crippen LogP contribution in [0.3, 0.4) is 0 Å². The highest BCUT2D eigenvalue weighted by molar-refractivity contribution is 14.2. The van der Waals surface area contributed by atoms with Crippen LogP contribution >= 0.6 is 28.4 Å². The molecule has 0 aliphatic carbocycles. The molecule has 4 aromatic heterocycles. The van der Waals surface area contributed by atoms with Crippen molar-refractivity contribution < 1.29 is 19.1 Å². The second kappa shape index (κ2) is 20.6. The number of hydrogen-bond acceptors (Lipinski definition) is 11. The molecule has 0 aromatic carbocycles. The molecule has 0 radical (unpaired) electrons. The zero-order valence-corrected chi connectivity index (χ0v) is 36.9. The first-order valence-electron chi connectivity index (χ1n) is 19.8. The number of unbranched alkanes of at least 4 members (excludes halogenated alkanes) is 2. The lowest BCUT2D eigenvalue weighted by Gasteiger charge is -2.30. The summed E-state index contributed by atoms with van der Waals surface area (Å²) < 4.78 is 22.9. The molecule has 3 unspecified atom stereocenters. The first kappa shape index (κ1) is 43.5. The maximum atomic E-state index is 10.4. The summed E-state index contributed by atoms with van der Waals surface area (Å²) in [5, 5.41) is 25.7. The number of aliphatic hydroxyl groups is 1. The number of nitrogens with zero attached hydrogens (tertiary/aromatic N) is 9. The fraction of sp³-hybridized carbons (Fsp3) is 0.711. The van der Waals surface area contributed by atoms with Crippen LogP contribution in [-0.4, -0.2) is 90.5 Å². The molecule has 6 rings (SSSR count). The number of aryl methyl sites for hydroxylation is 1. The summed E-state index contributed by atoms with van der Waals surface area (Å²) in [5.74, 6) is 0.864. The molecule has 15 heteroatoms. The third-order valence-electron chi connectivity index (χ3n) is 10.2. The van der Waals surface area contributed by atoms with Crippen LogP contribution in [0.15, 0.2) is 10.7 Å². The van der Waals surface area contributed by atoms with Crippen LogP contribution in [0.5, 0.6) is 0 Å². The Kier molecular flexibility index (Phi) is 16.9. The molecule has 6 heterocycles. The predicted octanol–water partition coefficient (Wildman–Crippen LogP) is 8.53. The minimum absolute atomic E-state index is 0.0447. The standard InChI is InChI=1S/C34H51IN9O4P.2C2H6/c1-7-9-13-26-29(40-48-30(26)34(14-10-8-2)46-18-19-47-34)31-37-32(42(16-17-45)23(4)27-20-36-44(49-35)24(27)5)28-22(3)39-43(33(28)38-31)21-25-12-11-15-41(25)6;2*1-2/h20,23,25,45,49H,7-19,21H2,1-6H3;2*1-2H3. The Morgan fingerprint density at radius 2 is 1.81 bits per heavy atom. The van der Waals surface area contributed by atoms with Crippen LogP contribution in [0.25, 0.3) is 22.6 Å². The molecule has 0 bridgehead atoms. The molecule has 2 saturated heterocycles. The quantitative estimate of drug-likeness (QED) is 0.0859. The number of likely N-dealkylation sites (N-methyl/N-ethyl adjacent to an activating group) is 1. The lowest BCUT2D eigenvalue weighted by atomic mass is 9.97. The van der Waals surface area contributed by atoms with E-state index in [1.54, 1.807) is 0 Å². The molecule has 1 N–H and O–H groups in total. The number of likely N-dealkylation sites (tertiary alicyclic amines) is 1. The summed E-state index contributed by atoms with van der Waals surface area (Å²) >= 11 is 2.35. The fourth-order valence-electron chi connectivity index (χ4n) is 7.38. The Morgan fingerprint density at radius 3 is 2.42 bits per heavy atom. The number of hydrogen-bond donors (Lipinski definition) is 1. The maximum absolute atomic E-state index is 10.4. The lowest BCUT2D eigenvalue weighted by Crippen LogP contribution is -2.31. The number of aromatic nitrogens is 7. The third-order valence-corrected chi connectivity index (χ3v) is 12.2. The summed E-state index contributed by atoms with van der Waals surface area (Å²) in [6.45, 7) is 21.8. The van der Waals surface area contributed by atoms with Gasteiger partial charge in [0.25, 0.3) is 0 Å². The Morgan fingerprint density at radius 1 is 1.09 bits per heavy atom. The number of ether oxygens (including phenoxy) is 2. The van der Waals surface area contributed by atoms with Crippen molar-refractivity contribution in [2.24, 2.45) is 0 Å². The van der Waals surface area contributed by atoms with E-state index in [1.165, 1.54) is 6.42 Å². The van der Waals surface area contributed by atoms with Gasteiger partial charge in [0.15, 0.2) is 22.9 Å². The van der Waals surface area contributed by atoms with E-state index in [2.05, 4.69) is 71.7 Å². The van der Waals surface area contributed by atoms with Gasteiger partial charge in [0, 0.05) is 35.8 Å². The summed E-state index contributed by atoms with van der Waals surface area (Å²) in [6.07, 6.45) is 10.0. The zero-order valence-electron chi connectivity index (χ0n) is 33.7. The average Bonchev–Trinajstić information content (AvgIpc) is 4.03. The number of anilines is 1. The first-order valence-corrected chi connectivity index (χ1v) is 23.8. The van der Waals surface area contributed by atoms with E-state index in [0.29, 0.717) is 61.7 Å². The van der Waals surface area contributed by atoms with Gasteiger partial charge in [-0.3, -0.25) is 0 Å². The van der Waals surface area contributed by atoms with Gasteiger partial charge in [-0.05, 0) is 88.5 Å². The summed E-state index contributed by atoms with van der Waals surface area (Å²) in [6, 6.07) is 0.238. The van der Waals surface area contributed by atoms with Crippen molar-refractivity contribution in [2.45, 2.75) is 138 Å². The second-order valence-electron chi connectivity index (χ2n) is 13.4. The van der Waals surface area contributed by atoms with Crippen LogP contribution < -0.4 is 4.90 Å². The van der Waals surface area contributed by atoms with Crippen molar-refractivity contribution in [3.05, 3.63) is 34.5 Å². The van der Waals surface area contributed by atoms with Gasteiger partial charge in [0.05, 0.1) is 56.1 Å². The first-order chi connectivity index (χ1) is 25.8. The molecule has 4 aromatic rings. The van der Waals surface area contributed by atoms with Gasteiger partial charge in [-0.15, -0.1) is 0 Å². The molecule has 2 fully saturated rings. The smallest absolute Gasteiger partial charge is 0.231 e. The number of aliphatic hydroxyl groups excluding tert-OH is 1. The normalized spacial score (nSPS) is 17.7. The molecule has 3 atom stereocenters. The van der Waals surface area contributed by atoms with E-state index >= 15 is 0 Å². The highest BCUT2D eigenvalue weighted by atomic mass is 127. The monoisotopic (exact) mass is 867 g/mol. The Balaban J connectivity index is 0.00000152. The van der Waals surface area contributed by atoms with Gasteiger partial charge in [-0.25, -0.2) is 19.1 Å². The van der Waals surface area contributed by atoms with E-state index in [1.807, 2.05) is 49.9 Å². The highest BCUT2D eigenvalue weighted by Gasteiger charge is 2.45. The van der Waals surface area contributed by atoms with Gasteiger partial charge in [-0.1, -0.05) is 59.5 Å². The van der Waals surface area contributed by atoms with E-state index in [4.69, 9.17) is 34.2 Å². The molecule has 296 valence electrons. The maximum Gasteiger partial charge on any atom is 0.231 e. The minimum atomic E-state index is -0.961. The highest BCUT2D eigenvalue weighted by Crippen LogP contribution is 2.43. The van der Waals surface area contributed by atoms with E-state index in [0.717, 1.165) is 85.2 Å². The summed E-state index contributed by atoms with van der Waals surface area (Å²) in [5.41, 5.74) is 5.34. The number of halogens is 1. The van der Waals surface area contributed by atoms with Gasteiger partial charge in [0.1, 0.15) is 5.82 Å². The zero-order chi connectivity index (χ0) is 38.7. The van der Waals surface area contributed by atoms with Crippen LogP contribution in [0.1, 0.15) is 128 Å². The minimum Gasteiger partial charge on any atom is -0.395 e. The largest absolute Gasteiger partial charge is 0.395 e. The predicted molar refractivity (Wildman–Crippen MR) is 223 cm³/mol. The van der Waals surface area contributed by atoms with Gasteiger partial charge >= 0.3 is 0 Å². The summed E-state index contributed by atoms with van der Waals surface area (Å²) in [7, 11) is 2.18. The van der Waals surface area contributed by atoms with Gasteiger partial charge < -0.3 is 28.9 Å². The molecular weight excluding hydrogens is 804 g/mol. The van der Waals surface area contributed by atoms with Gasteiger partial charge in [-0.2, -0.15) is 10.2 Å². The van der Waals surface area contributed by atoms with Crippen molar-refractivity contribution in [1.82, 2.24) is 39.4 Å². The Labute approximate surface area is 331 Å². The van der Waals surface area contributed by atoms with Crippen molar-refractivity contribution in [3.63, 3.8) is 0 Å². The Bertz CT molecular complexity index is 1720. The number of rotatable bonds is 16. The SMILES string of the molecule is CC.CC.CCCCc1c(-c2nc(N(CCO)C(C)c3cnn(PI)c3C)c3c(C)nn(CC4CCCN4C)c3n2)noc1C1(CCCC)OCCO1. The molecule has 0 amide bonds. The van der Waals surface area contributed by atoms with Crippen molar-refractivity contribution >= 4 is 45.3 Å². The van der Waals surface area contributed by atoms with Crippen LogP contribution in [0.2, 0.25) is 0 Å². The van der Waals surface area contributed by atoms with E-state index < -0.39 is 5.79 Å². The second-order valence-corrected chi connectivity index (χ2v) is 15.4. The molecule has 2 aliphatic heterocycles. The molecule has 0 spiro atoms. The van der Waals surface area contributed by atoms with Crippen molar-refractivity contribution in [2.75, 3.05) is 44.9 Å².